The molecule has 0 aromatic heterocycles. The van der Waals surface area contributed by atoms with Gasteiger partial charge in [-0.2, -0.15) is 5.26 Å². The molecule has 0 spiro atoms. The van der Waals surface area contributed by atoms with Gasteiger partial charge in [0.25, 0.3) is 0 Å². The summed E-state index contributed by atoms with van der Waals surface area (Å²) >= 11 is 0. The van der Waals surface area contributed by atoms with E-state index < -0.39 is 0 Å². The Morgan fingerprint density at radius 3 is 2.00 bits per heavy atom. The van der Waals surface area contributed by atoms with Crippen LogP contribution < -0.4 is 0 Å². The van der Waals surface area contributed by atoms with Gasteiger partial charge < -0.3 is 0 Å². The summed E-state index contributed by atoms with van der Waals surface area (Å²) in [6, 6.07) is 2.62. The van der Waals surface area contributed by atoms with E-state index in [1.807, 2.05) is 0 Å². The first-order valence-electron chi connectivity index (χ1n) is 6.24. The fourth-order valence-electron chi connectivity index (χ4n) is 2.98. The number of nitriles is 1. The molecule has 0 amide bonds. The summed E-state index contributed by atoms with van der Waals surface area (Å²) in [6.07, 6.45) is 7.14. The fourth-order valence-corrected chi connectivity index (χ4v) is 2.98. The second-order valence-electron chi connectivity index (χ2n) is 6.00. The molecular formula is C13H22N2. The Bertz CT molecular complexity index is 259. The zero-order valence-corrected chi connectivity index (χ0v) is 10.1. The lowest BCUT2D eigenvalue weighted by Gasteiger charge is -2.44. The highest BCUT2D eigenvalue weighted by molar-refractivity contribution is 5.12. The van der Waals surface area contributed by atoms with Gasteiger partial charge in [0, 0.05) is 0 Å². The molecule has 0 radical (unpaired) electrons. The van der Waals surface area contributed by atoms with E-state index in [4.69, 9.17) is 0 Å². The molecular weight excluding hydrogens is 184 g/mol. The third-order valence-electron chi connectivity index (χ3n) is 4.35. The predicted octanol–water partition coefficient (Wildman–Crippen LogP) is 2.94. The van der Waals surface area contributed by atoms with Crippen molar-refractivity contribution in [2.24, 2.45) is 5.41 Å². The van der Waals surface area contributed by atoms with Crippen LogP contribution in [0.25, 0.3) is 0 Å². The molecule has 15 heavy (non-hydrogen) atoms. The van der Waals surface area contributed by atoms with Gasteiger partial charge in [0.05, 0.1) is 6.07 Å². The number of hydrogen-bond donors (Lipinski definition) is 0. The highest BCUT2D eigenvalue weighted by Gasteiger charge is 2.43. The van der Waals surface area contributed by atoms with Crippen molar-refractivity contribution in [1.82, 2.24) is 4.90 Å². The van der Waals surface area contributed by atoms with Crippen LogP contribution in [0.2, 0.25) is 0 Å². The zero-order valence-electron chi connectivity index (χ0n) is 10.1. The minimum Gasteiger partial charge on any atom is -0.286 e. The molecule has 1 aliphatic carbocycles. The van der Waals surface area contributed by atoms with E-state index in [2.05, 4.69) is 24.8 Å². The molecule has 2 nitrogen and oxygen atoms in total. The van der Waals surface area contributed by atoms with Gasteiger partial charge in [0.15, 0.2) is 0 Å². The maximum absolute atomic E-state index is 9.48. The summed E-state index contributed by atoms with van der Waals surface area (Å²) in [5, 5.41) is 9.48. The van der Waals surface area contributed by atoms with E-state index in [0.717, 1.165) is 25.9 Å². The van der Waals surface area contributed by atoms with Crippen LogP contribution in [-0.4, -0.2) is 23.5 Å². The van der Waals surface area contributed by atoms with Crippen molar-refractivity contribution in [1.29, 1.82) is 5.26 Å². The highest BCUT2D eigenvalue weighted by Crippen LogP contribution is 2.43. The Morgan fingerprint density at radius 1 is 1.00 bits per heavy atom. The van der Waals surface area contributed by atoms with Crippen LogP contribution in [0.15, 0.2) is 0 Å². The zero-order chi connectivity index (χ0) is 10.9. The molecule has 0 unspecified atom stereocenters. The summed E-state index contributed by atoms with van der Waals surface area (Å²) in [5.74, 6) is 0. The van der Waals surface area contributed by atoms with E-state index in [1.54, 1.807) is 0 Å². The van der Waals surface area contributed by atoms with Gasteiger partial charge >= 0.3 is 0 Å². The number of hydrogen-bond acceptors (Lipinski definition) is 2. The van der Waals surface area contributed by atoms with E-state index in [1.165, 1.54) is 25.7 Å². The van der Waals surface area contributed by atoms with E-state index >= 15 is 0 Å². The minimum atomic E-state index is -0.105. The summed E-state index contributed by atoms with van der Waals surface area (Å²) < 4.78 is 0. The van der Waals surface area contributed by atoms with Crippen molar-refractivity contribution < 1.29 is 0 Å². The molecule has 1 saturated carbocycles. The molecule has 0 aromatic rings. The van der Waals surface area contributed by atoms with Crippen LogP contribution in [0.3, 0.4) is 0 Å². The van der Waals surface area contributed by atoms with E-state index in [9.17, 15) is 5.26 Å². The second-order valence-corrected chi connectivity index (χ2v) is 6.00. The molecule has 84 valence electrons. The quantitative estimate of drug-likeness (QED) is 0.659. The van der Waals surface area contributed by atoms with Crippen LogP contribution in [0, 0.1) is 16.7 Å². The average Bonchev–Trinajstić information content (AvgIpc) is 2.72. The maximum atomic E-state index is 9.48. The monoisotopic (exact) mass is 206 g/mol. The Balaban J connectivity index is 2.08. The summed E-state index contributed by atoms with van der Waals surface area (Å²) in [6.45, 7) is 6.96. The van der Waals surface area contributed by atoms with Crippen LogP contribution in [0.4, 0.5) is 0 Å². The summed E-state index contributed by atoms with van der Waals surface area (Å²) in [7, 11) is 0. The molecule has 2 rings (SSSR count). The van der Waals surface area contributed by atoms with Gasteiger partial charge in [-0.1, -0.05) is 13.8 Å². The summed E-state index contributed by atoms with van der Waals surface area (Å²) in [4.78, 5) is 2.45. The van der Waals surface area contributed by atoms with Crippen molar-refractivity contribution in [2.45, 2.75) is 57.9 Å². The summed E-state index contributed by atoms with van der Waals surface area (Å²) in [5.41, 5.74) is 0.353. The molecule has 1 saturated heterocycles. The first kappa shape index (κ1) is 11.0. The number of rotatable bonds is 1. The Kier molecular flexibility index (Phi) is 2.77. The van der Waals surface area contributed by atoms with Crippen molar-refractivity contribution in [2.75, 3.05) is 13.1 Å². The van der Waals surface area contributed by atoms with Crippen molar-refractivity contribution >= 4 is 0 Å². The van der Waals surface area contributed by atoms with Gasteiger partial charge in [-0.3, -0.25) is 4.90 Å². The Hall–Kier alpha value is -0.550. The normalized spacial score (nSPS) is 29.9. The molecule has 0 aromatic carbocycles. The van der Waals surface area contributed by atoms with Gasteiger partial charge in [-0.15, -0.1) is 0 Å². The van der Waals surface area contributed by atoms with E-state index in [0.29, 0.717) is 5.41 Å². The lowest BCUT2D eigenvalue weighted by molar-refractivity contribution is 0.0762. The smallest absolute Gasteiger partial charge is 0.109 e. The Morgan fingerprint density at radius 2 is 1.53 bits per heavy atom. The molecule has 0 atom stereocenters. The number of nitrogens with zero attached hydrogens (tertiary/aromatic N) is 2. The largest absolute Gasteiger partial charge is 0.286 e. The van der Waals surface area contributed by atoms with Crippen molar-refractivity contribution in [3.8, 4) is 6.07 Å². The predicted molar refractivity (Wildman–Crippen MR) is 61.4 cm³/mol. The minimum absolute atomic E-state index is 0.105. The number of likely N-dealkylation sites (tertiary alicyclic amines) is 1. The third-order valence-corrected chi connectivity index (χ3v) is 4.35. The molecule has 2 fully saturated rings. The molecule has 0 N–H and O–H groups in total. The Labute approximate surface area is 93.3 Å². The third kappa shape index (κ3) is 2.03. The SMILES string of the molecule is CC1(C)CCC(C#N)(N2CCCC2)CC1. The van der Waals surface area contributed by atoms with E-state index in [-0.39, 0.29) is 5.54 Å². The maximum Gasteiger partial charge on any atom is 0.109 e. The van der Waals surface area contributed by atoms with Crippen LogP contribution in [0.1, 0.15) is 52.4 Å². The topological polar surface area (TPSA) is 27.0 Å². The fraction of sp³-hybridized carbons (Fsp3) is 0.923. The van der Waals surface area contributed by atoms with Gasteiger partial charge in [-0.05, 0) is 57.0 Å². The van der Waals surface area contributed by atoms with Gasteiger partial charge in [0.2, 0.25) is 0 Å². The van der Waals surface area contributed by atoms with Gasteiger partial charge in [0.1, 0.15) is 5.54 Å². The van der Waals surface area contributed by atoms with Crippen LogP contribution >= 0.6 is 0 Å². The van der Waals surface area contributed by atoms with Crippen LogP contribution in [-0.2, 0) is 0 Å². The molecule has 1 aliphatic heterocycles. The van der Waals surface area contributed by atoms with Crippen molar-refractivity contribution in [3.63, 3.8) is 0 Å². The lowest BCUT2D eigenvalue weighted by Crippen LogP contribution is -2.49. The molecule has 0 bridgehead atoms. The standard InChI is InChI=1S/C13H22N2/c1-12(2)5-7-13(11-14,8-6-12)15-9-3-4-10-15/h3-10H2,1-2H3. The molecule has 1 heterocycles. The van der Waals surface area contributed by atoms with Crippen molar-refractivity contribution in [3.05, 3.63) is 0 Å². The van der Waals surface area contributed by atoms with Gasteiger partial charge in [-0.25, -0.2) is 0 Å². The van der Waals surface area contributed by atoms with Crippen LogP contribution in [0.5, 0.6) is 0 Å². The first-order valence-corrected chi connectivity index (χ1v) is 6.24. The molecule has 2 aliphatic rings. The second kappa shape index (κ2) is 3.79. The highest BCUT2D eigenvalue weighted by atomic mass is 15.2. The first-order chi connectivity index (χ1) is 7.08. The molecule has 2 heteroatoms. The average molecular weight is 206 g/mol. The lowest BCUT2D eigenvalue weighted by atomic mass is 9.69.